The summed E-state index contributed by atoms with van der Waals surface area (Å²) in [5.41, 5.74) is 0.818. The summed E-state index contributed by atoms with van der Waals surface area (Å²) in [4.78, 5) is 4.09. The normalized spacial score (nSPS) is 12.6. The first-order valence-electron chi connectivity index (χ1n) is 6.42. The topological polar surface area (TPSA) is 63.8 Å². The molecule has 1 unspecified atom stereocenters. The Balaban J connectivity index is 2.18. The SMILES string of the molecule is CCCNC(CC)c1nnc(-c2cncc(Br)c2)o1. The summed E-state index contributed by atoms with van der Waals surface area (Å²) in [5.74, 6) is 1.13. The van der Waals surface area contributed by atoms with Crippen LogP contribution in [0.15, 0.2) is 27.3 Å². The summed E-state index contributed by atoms with van der Waals surface area (Å²) in [7, 11) is 0. The van der Waals surface area contributed by atoms with Crippen LogP contribution >= 0.6 is 15.9 Å². The number of aromatic nitrogens is 3. The molecule has 1 N–H and O–H groups in total. The summed E-state index contributed by atoms with van der Waals surface area (Å²) in [5, 5.41) is 11.6. The Morgan fingerprint density at radius 3 is 2.84 bits per heavy atom. The quantitative estimate of drug-likeness (QED) is 0.882. The van der Waals surface area contributed by atoms with E-state index >= 15 is 0 Å². The van der Waals surface area contributed by atoms with E-state index in [4.69, 9.17) is 4.42 Å². The molecule has 102 valence electrons. The lowest BCUT2D eigenvalue weighted by molar-refractivity contribution is 0.396. The lowest BCUT2D eigenvalue weighted by Gasteiger charge is -2.11. The fraction of sp³-hybridized carbons (Fsp3) is 0.462. The second kappa shape index (κ2) is 6.77. The van der Waals surface area contributed by atoms with Gasteiger partial charge in [-0.2, -0.15) is 0 Å². The molecule has 0 radical (unpaired) electrons. The van der Waals surface area contributed by atoms with E-state index in [0.29, 0.717) is 11.8 Å². The zero-order valence-electron chi connectivity index (χ0n) is 11.1. The molecule has 2 aromatic heterocycles. The number of hydrogen-bond acceptors (Lipinski definition) is 5. The van der Waals surface area contributed by atoms with Crippen LogP contribution in [0.1, 0.15) is 38.6 Å². The predicted molar refractivity (Wildman–Crippen MR) is 76.6 cm³/mol. The maximum Gasteiger partial charge on any atom is 0.249 e. The minimum absolute atomic E-state index is 0.112. The molecule has 0 aliphatic carbocycles. The molecule has 0 aliphatic rings. The van der Waals surface area contributed by atoms with Gasteiger partial charge in [0.2, 0.25) is 11.8 Å². The van der Waals surface area contributed by atoms with Gasteiger partial charge in [0.25, 0.3) is 0 Å². The zero-order chi connectivity index (χ0) is 13.7. The van der Waals surface area contributed by atoms with Gasteiger partial charge in [-0.1, -0.05) is 13.8 Å². The number of halogens is 1. The minimum atomic E-state index is 0.112. The molecule has 6 heteroatoms. The van der Waals surface area contributed by atoms with Crippen LogP contribution in [0.25, 0.3) is 11.5 Å². The van der Waals surface area contributed by atoms with Crippen LogP contribution in [0.2, 0.25) is 0 Å². The van der Waals surface area contributed by atoms with Gasteiger partial charge in [0.15, 0.2) is 0 Å². The number of rotatable bonds is 6. The van der Waals surface area contributed by atoms with Gasteiger partial charge in [-0.15, -0.1) is 10.2 Å². The summed E-state index contributed by atoms with van der Waals surface area (Å²) in [6.07, 6.45) is 5.42. The highest BCUT2D eigenvalue weighted by Gasteiger charge is 2.17. The van der Waals surface area contributed by atoms with Crippen molar-refractivity contribution in [3.63, 3.8) is 0 Å². The largest absolute Gasteiger partial charge is 0.419 e. The van der Waals surface area contributed by atoms with E-state index in [1.54, 1.807) is 12.4 Å². The van der Waals surface area contributed by atoms with Crippen molar-refractivity contribution in [2.75, 3.05) is 6.54 Å². The van der Waals surface area contributed by atoms with Crippen LogP contribution in [-0.4, -0.2) is 21.7 Å². The molecule has 2 heterocycles. The molecule has 0 spiro atoms. The summed E-state index contributed by atoms with van der Waals surface area (Å²) in [6.45, 7) is 5.17. The van der Waals surface area contributed by atoms with Crippen molar-refractivity contribution in [2.45, 2.75) is 32.7 Å². The molecule has 19 heavy (non-hydrogen) atoms. The average molecular weight is 325 g/mol. The van der Waals surface area contributed by atoms with Gasteiger partial charge in [-0.05, 0) is 41.4 Å². The highest BCUT2D eigenvalue weighted by Crippen LogP contribution is 2.23. The summed E-state index contributed by atoms with van der Waals surface area (Å²) in [6, 6.07) is 2.02. The average Bonchev–Trinajstić information content (AvgIpc) is 2.89. The molecule has 0 aliphatic heterocycles. The van der Waals surface area contributed by atoms with E-state index in [9.17, 15) is 0 Å². The van der Waals surface area contributed by atoms with Crippen molar-refractivity contribution >= 4 is 15.9 Å². The first-order chi connectivity index (χ1) is 9.24. The fourth-order valence-corrected chi connectivity index (χ4v) is 2.11. The summed E-state index contributed by atoms with van der Waals surface area (Å²) >= 11 is 3.38. The Morgan fingerprint density at radius 1 is 1.32 bits per heavy atom. The minimum Gasteiger partial charge on any atom is -0.419 e. The molecule has 0 bridgehead atoms. The summed E-state index contributed by atoms with van der Waals surface area (Å²) < 4.78 is 6.62. The molecular formula is C13H17BrN4O. The maximum absolute atomic E-state index is 5.73. The van der Waals surface area contributed by atoms with E-state index in [0.717, 1.165) is 29.4 Å². The Labute approximate surface area is 121 Å². The standard InChI is InChI=1S/C13H17BrN4O/c1-3-5-16-11(4-2)13-18-17-12(19-13)9-6-10(14)8-15-7-9/h6-8,11,16H,3-5H2,1-2H3. The van der Waals surface area contributed by atoms with Gasteiger partial charge in [0.05, 0.1) is 11.6 Å². The number of nitrogens with zero attached hydrogens (tertiary/aromatic N) is 3. The van der Waals surface area contributed by atoms with E-state index in [1.165, 1.54) is 0 Å². The molecule has 1 atom stereocenters. The molecule has 2 aromatic rings. The third-order valence-electron chi connectivity index (χ3n) is 2.74. The lowest BCUT2D eigenvalue weighted by atomic mass is 10.2. The lowest BCUT2D eigenvalue weighted by Crippen LogP contribution is -2.21. The van der Waals surface area contributed by atoms with Crippen LogP contribution in [0.3, 0.4) is 0 Å². The Bertz CT molecular complexity index is 529. The molecule has 5 nitrogen and oxygen atoms in total. The van der Waals surface area contributed by atoms with Gasteiger partial charge in [-0.25, -0.2) is 0 Å². The van der Waals surface area contributed by atoms with Gasteiger partial charge >= 0.3 is 0 Å². The fourth-order valence-electron chi connectivity index (χ4n) is 1.75. The smallest absolute Gasteiger partial charge is 0.249 e. The first kappa shape index (κ1) is 14.1. The van der Waals surface area contributed by atoms with E-state index in [2.05, 4.69) is 50.3 Å². The van der Waals surface area contributed by atoms with Crippen LogP contribution in [0.5, 0.6) is 0 Å². The Hall–Kier alpha value is -1.27. The second-order valence-corrected chi connectivity index (χ2v) is 5.17. The van der Waals surface area contributed by atoms with E-state index in [-0.39, 0.29) is 6.04 Å². The molecule has 0 amide bonds. The Kier molecular flexibility index (Phi) is 5.04. The Morgan fingerprint density at radius 2 is 2.16 bits per heavy atom. The van der Waals surface area contributed by atoms with Crippen molar-refractivity contribution in [2.24, 2.45) is 0 Å². The van der Waals surface area contributed by atoms with Crippen molar-refractivity contribution in [1.29, 1.82) is 0 Å². The van der Waals surface area contributed by atoms with Crippen LogP contribution in [0, 0.1) is 0 Å². The van der Waals surface area contributed by atoms with Crippen molar-refractivity contribution in [3.8, 4) is 11.5 Å². The third kappa shape index (κ3) is 3.61. The van der Waals surface area contributed by atoms with Crippen molar-refractivity contribution < 1.29 is 4.42 Å². The van der Waals surface area contributed by atoms with E-state index < -0.39 is 0 Å². The number of hydrogen-bond donors (Lipinski definition) is 1. The molecule has 2 rings (SSSR count). The highest BCUT2D eigenvalue weighted by molar-refractivity contribution is 9.10. The van der Waals surface area contributed by atoms with Gasteiger partial charge in [-0.3, -0.25) is 4.98 Å². The van der Waals surface area contributed by atoms with Gasteiger partial charge in [0.1, 0.15) is 0 Å². The maximum atomic E-state index is 5.73. The van der Waals surface area contributed by atoms with E-state index in [1.807, 2.05) is 6.07 Å². The first-order valence-corrected chi connectivity index (χ1v) is 7.21. The van der Waals surface area contributed by atoms with Crippen molar-refractivity contribution in [1.82, 2.24) is 20.5 Å². The monoisotopic (exact) mass is 324 g/mol. The molecular weight excluding hydrogens is 308 g/mol. The molecule has 0 saturated heterocycles. The number of pyridine rings is 1. The molecule has 0 fully saturated rings. The molecule has 0 saturated carbocycles. The predicted octanol–water partition coefficient (Wildman–Crippen LogP) is 3.34. The second-order valence-electron chi connectivity index (χ2n) is 4.25. The van der Waals surface area contributed by atoms with Gasteiger partial charge in [0, 0.05) is 16.9 Å². The third-order valence-corrected chi connectivity index (χ3v) is 3.17. The van der Waals surface area contributed by atoms with Crippen LogP contribution in [-0.2, 0) is 0 Å². The molecule has 0 aromatic carbocycles. The number of nitrogens with one attached hydrogen (secondary N) is 1. The van der Waals surface area contributed by atoms with Crippen LogP contribution < -0.4 is 5.32 Å². The van der Waals surface area contributed by atoms with Crippen molar-refractivity contribution in [3.05, 3.63) is 28.8 Å². The van der Waals surface area contributed by atoms with Crippen LogP contribution in [0.4, 0.5) is 0 Å². The van der Waals surface area contributed by atoms with Gasteiger partial charge < -0.3 is 9.73 Å². The zero-order valence-corrected chi connectivity index (χ0v) is 12.6. The highest BCUT2D eigenvalue weighted by atomic mass is 79.9.